The minimum atomic E-state index is -0.587. The lowest BCUT2D eigenvalue weighted by Gasteiger charge is -2.63. The van der Waals surface area contributed by atoms with Gasteiger partial charge in [0.25, 0.3) is 11.8 Å². The maximum atomic E-state index is 13.5. The molecule has 4 aliphatic heterocycles. The molecule has 1 atom stereocenters. The first-order valence-electron chi connectivity index (χ1n) is 21.1. The molecule has 4 amide bonds. The number of nitrogens with one attached hydrogen (secondary N) is 2. The second-order valence-corrected chi connectivity index (χ2v) is 18.9. The van der Waals surface area contributed by atoms with E-state index in [-0.39, 0.29) is 53.0 Å². The van der Waals surface area contributed by atoms with Crippen molar-refractivity contribution in [3.05, 3.63) is 87.6 Å². The molecule has 12 nitrogen and oxygen atoms in total. The number of imide groups is 1. The Morgan fingerprint density at radius 2 is 1.68 bits per heavy atom. The molecular weight excluding hydrogens is 766 g/mol. The molecule has 1 saturated carbocycles. The predicted molar refractivity (Wildman–Crippen MR) is 224 cm³/mol. The number of nitriles is 1. The lowest BCUT2D eigenvalue weighted by molar-refractivity contribution is -0.164. The zero-order chi connectivity index (χ0) is 41.6. The largest absolute Gasteiger partial charge is 0.489 e. The van der Waals surface area contributed by atoms with Gasteiger partial charge in [-0.1, -0.05) is 51.4 Å². The highest BCUT2D eigenvalue weighted by atomic mass is 35.5. The van der Waals surface area contributed by atoms with Crippen LogP contribution in [0.4, 0.5) is 5.82 Å². The summed E-state index contributed by atoms with van der Waals surface area (Å²) in [6.07, 6.45) is 7.65. The van der Waals surface area contributed by atoms with Crippen LogP contribution in [0.15, 0.2) is 54.7 Å². The monoisotopic (exact) mass is 819 g/mol. The second kappa shape index (κ2) is 16.2. The molecule has 2 N–H and O–H groups in total. The van der Waals surface area contributed by atoms with E-state index in [2.05, 4.69) is 66.3 Å². The van der Waals surface area contributed by atoms with Crippen LogP contribution in [0, 0.1) is 34.0 Å². The number of hydrogen-bond acceptors (Lipinski definition) is 9. The summed E-state index contributed by atoms with van der Waals surface area (Å²) in [6, 6.07) is 16.4. The van der Waals surface area contributed by atoms with Crippen LogP contribution in [-0.4, -0.2) is 89.3 Å². The number of fused-ring (bicyclic) bond motifs is 1. The van der Waals surface area contributed by atoms with Crippen molar-refractivity contribution in [3.63, 3.8) is 0 Å². The molecule has 5 heterocycles. The standard InChI is InChI=1S/C46H54ClN7O5/c1-45(2)43(46(3,4)44(45)59-34-8-6-31(24-48)36(47)23-34)51-40(56)32-7-11-38(49-25-32)53-19-15-29(16-20-53)26-52-17-13-28(14-18-52)21-30-5-9-35-33(22-30)27-54(42(35)58)37-10-12-39(55)50-41(37)57/h5-9,11,22-23,25,28-29,37,43-44H,10,12-21,26-27H2,1-4H3,(H,51,56)(H,50,55,57). The van der Waals surface area contributed by atoms with Gasteiger partial charge in [0.15, 0.2) is 0 Å². The Bertz CT molecular complexity index is 2150. The van der Waals surface area contributed by atoms with E-state index in [0.717, 1.165) is 76.2 Å². The number of piperidine rings is 3. The van der Waals surface area contributed by atoms with Crippen LogP contribution in [0.2, 0.25) is 5.02 Å². The van der Waals surface area contributed by atoms with Crippen molar-refractivity contribution in [2.45, 2.75) is 97.4 Å². The smallest absolute Gasteiger partial charge is 0.255 e. The van der Waals surface area contributed by atoms with E-state index < -0.39 is 6.04 Å². The molecule has 0 bridgehead atoms. The quantitative estimate of drug-likeness (QED) is 0.230. The fourth-order valence-corrected chi connectivity index (χ4v) is 10.9. The summed E-state index contributed by atoms with van der Waals surface area (Å²) in [6.45, 7) is 14.0. The topological polar surface area (TPSA) is 148 Å². The minimum absolute atomic E-state index is 0.122. The first kappa shape index (κ1) is 40.8. The lowest BCUT2D eigenvalue weighted by atomic mass is 9.49. The summed E-state index contributed by atoms with van der Waals surface area (Å²) < 4.78 is 6.38. The van der Waals surface area contributed by atoms with Gasteiger partial charge in [0.1, 0.15) is 29.8 Å². The van der Waals surface area contributed by atoms with Crippen molar-refractivity contribution in [1.29, 1.82) is 5.26 Å². The fourth-order valence-electron chi connectivity index (χ4n) is 10.7. The van der Waals surface area contributed by atoms with Gasteiger partial charge in [0.2, 0.25) is 11.8 Å². The number of pyridine rings is 1. The van der Waals surface area contributed by atoms with Gasteiger partial charge in [-0.3, -0.25) is 24.5 Å². The molecule has 8 rings (SSSR count). The van der Waals surface area contributed by atoms with Crippen LogP contribution in [0.1, 0.15) is 104 Å². The van der Waals surface area contributed by atoms with E-state index in [1.165, 1.54) is 5.56 Å². The first-order valence-corrected chi connectivity index (χ1v) is 21.5. The number of hydrogen-bond donors (Lipinski definition) is 2. The van der Waals surface area contributed by atoms with Crippen LogP contribution in [-0.2, 0) is 22.6 Å². The highest BCUT2D eigenvalue weighted by Gasteiger charge is 2.64. The number of ether oxygens (including phenoxy) is 1. The number of carbonyl (C=O) groups excluding carboxylic acids is 4. The number of aromatic nitrogens is 1. The maximum absolute atomic E-state index is 13.5. The zero-order valence-corrected chi connectivity index (χ0v) is 35.2. The van der Waals surface area contributed by atoms with Gasteiger partial charge in [-0.15, -0.1) is 0 Å². The molecule has 59 heavy (non-hydrogen) atoms. The number of likely N-dealkylation sites (tertiary alicyclic amines) is 1. The average Bonchev–Trinajstić information content (AvgIpc) is 3.54. The molecular formula is C46H54ClN7O5. The summed E-state index contributed by atoms with van der Waals surface area (Å²) in [4.78, 5) is 61.9. The number of amides is 4. The van der Waals surface area contributed by atoms with Crippen LogP contribution in [0.3, 0.4) is 0 Å². The fraction of sp³-hybridized carbons (Fsp3) is 0.522. The Hall–Kier alpha value is -4.99. The number of benzene rings is 2. The van der Waals surface area contributed by atoms with E-state index in [9.17, 15) is 24.4 Å². The third-order valence-corrected chi connectivity index (χ3v) is 14.0. The molecule has 1 aromatic heterocycles. The summed E-state index contributed by atoms with van der Waals surface area (Å²) in [5.41, 5.74) is 3.11. The maximum Gasteiger partial charge on any atom is 0.255 e. The van der Waals surface area contributed by atoms with Gasteiger partial charge in [-0.2, -0.15) is 5.26 Å². The molecule has 310 valence electrons. The van der Waals surface area contributed by atoms with Gasteiger partial charge < -0.3 is 24.8 Å². The van der Waals surface area contributed by atoms with Crippen LogP contribution < -0.4 is 20.3 Å². The zero-order valence-electron chi connectivity index (χ0n) is 34.4. The van der Waals surface area contributed by atoms with Crippen molar-refractivity contribution in [2.24, 2.45) is 22.7 Å². The molecule has 1 unspecified atom stereocenters. The van der Waals surface area contributed by atoms with Gasteiger partial charge >= 0.3 is 0 Å². The van der Waals surface area contributed by atoms with E-state index in [1.54, 1.807) is 29.3 Å². The molecule has 4 fully saturated rings. The second-order valence-electron chi connectivity index (χ2n) is 18.5. The molecule has 3 aromatic rings. The number of nitrogens with zero attached hydrogens (tertiary/aromatic N) is 5. The Morgan fingerprint density at radius 1 is 0.949 bits per heavy atom. The number of rotatable bonds is 10. The van der Waals surface area contributed by atoms with E-state index in [0.29, 0.717) is 52.3 Å². The minimum Gasteiger partial charge on any atom is -0.489 e. The molecule has 1 aliphatic carbocycles. The number of anilines is 1. The Balaban J connectivity index is 0.764. The van der Waals surface area contributed by atoms with E-state index >= 15 is 0 Å². The normalized spacial score (nSPS) is 24.5. The molecule has 0 radical (unpaired) electrons. The molecule has 3 saturated heterocycles. The Kier molecular flexibility index (Phi) is 11.2. The molecule has 2 aromatic carbocycles. The first-order chi connectivity index (χ1) is 28.2. The van der Waals surface area contributed by atoms with Gasteiger partial charge in [0.05, 0.1) is 16.1 Å². The summed E-state index contributed by atoms with van der Waals surface area (Å²) in [5.74, 6) is 1.82. The highest BCUT2D eigenvalue weighted by Crippen LogP contribution is 2.55. The highest BCUT2D eigenvalue weighted by molar-refractivity contribution is 6.31. The third-order valence-electron chi connectivity index (χ3n) is 13.7. The lowest BCUT2D eigenvalue weighted by Crippen LogP contribution is -2.74. The SMILES string of the molecule is CC1(C)C(NC(=O)c2ccc(N3CCC(CN4CCC(Cc5ccc6c(c5)CN(C5CCC(=O)NC5=O)C6=O)CC4)CC3)nc2)C(C)(C)C1Oc1ccc(C#N)c(Cl)c1. The van der Waals surface area contributed by atoms with Crippen LogP contribution in [0.25, 0.3) is 0 Å². The van der Waals surface area contributed by atoms with Gasteiger partial charge in [0, 0.05) is 67.3 Å². The van der Waals surface area contributed by atoms with E-state index in [4.69, 9.17) is 21.3 Å². The van der Waals surface area contributed by atoms with Crippen LogP contribution in [0.5, 0.6) is 5.75 Å². The van der Waals surface area contributed by atoms with Crippen molar-refractivity contribution in [2.75, 3.05) is 37.6 Å². The summed E-state index contributed by atoms with van der Waals surface area (Å²) in [5, 5.41) is 15.2. The van der Waals surface area contributed by atoms with Gasteiger partial charge in [-0.05, 0) is 105 Å². The molecule has 5 aliphatic rings. The molecule has 13 heteroatoms. The van der Waals surface area contributed by atoms with Crippen molar-refractivity contribution < 1.29 is 23.9 Å². The van der Waals surface area contributed by atoms with Crippen molar-refractivity contribution in [1.82, 2.24) is 25.4 Å². The third kappa shape index (κ3) is 8.16. The Morgan fingerprint density at radius 3 is 2.34 bits per heavy atom. The van der Waals surface area contributed by atoms with Gasteiger partial charge in [-0.25, -0.2) is 4.98 Å². The van der Waals surface area contributed by atoms with E-state index in [1.807, 2.05) is 18.2 Å². The van der Waals surface area contributed by atoms with Crippen molar-refractivity contribution in [3.8, 4) is 11.8 Å². The summed E-state index contributed by atoms with van der Waals surface area (Å²) in [7, 11) is 0. The summed E-state index contributed by atoms with van der Waals surface area (Å²) >= 11 is 6.25. The molecule has 0 spiro atoms. The Labute approximate surface area is 351 Å². The van der Waals surface area contributed by atoms with Crippen LogP contribution >= 0.6 is 11.6 Å². The number of carbonyl (C=O) groups is 4. The predicted octanol–water partition coefficient (Wildman–Crippen LogP) is 6.15. The van der Waals surface area contributed by atoms with Crippen molar-refractivity contribution >= 4 is 41.0 Å². The number of halogens is 1. The average molecular weight is 820 g/mol.